The van der Waals surface area contributed by atoms with Crippen molar-refractivity contribution in [1.29, 1.82) is 0 Å². The topological polar surface area (TPSA) is 76.7 Å². The fourth-order valence-electron chi connectivity index (χ4n) is 1.60. The highest BCUT2D eigenvalue weighted by atomic mass is 32.2. The van der Waals surface area contributed by atoms with Crippen LogP contribution >= 0.6 is 23.1 Å². The maximum atomic E-state index is 5.32. The van der Waals surface area contributed by atoms with Gasteiger partial charge in [0.1, 0.15) is 0 Å². The molecule has 0 radical (unpaired) electrons. The summed E-state index contributed by atoms with van der Waals surface area (Å²) in [5.74, 6) is 1.77. The fourth-order valence-corrected chi connectivity index (χ4v) is 3.21. The molecule has 0 atom stereocenters. The first-order valence-corrected chi connectivity index (χ1v) is 8.08. The maximum absolute atomic E-state index is 5.32. The molecule has 0 amide bonds. The molecular formula is C13H13N5OS2. The van der Waals surface area contributed by atoms with Crippen LogP contribution < -0.4 is 5.32 Å². The minimum absolute atomic E-state index is 0.574. The van der Waals surface area contributed by atoms with Crippen molar-refractivity contribution in [3.05, 3.63) is 41.6 Å². The second-order valence-electron chi connectivity index (χ2n) is 4.37. The van der Waals surface area contributed by atoms with Gasteiger partial charge in [0, 0.05) is 12.6 Å². The number of benzene rings is 1. The van der Waals surface area contributed by atoms with Gasteiger partial charge in [-0.05, 0) is 19.1 Å². The molecule has 0 saturated heterocycles. The van der Waals surface area contributed by atoms with Gasteiger partial charge in [0.05, 0.1) is 5.75 Å². The minimum atomic E-state index is 0.574. The number of hydrogen-bond acceptors (Lipinski definition) is 8. The number of thioether (sulfide) groups is 1. The average molecular weight is 319 g/mol. The molecule has 1 N–H and O–H groups in total. The molecule has 108 valence electrons. The summed E-state index contributed by atoms with van der Waals surface area (Å²) in [5, 5.41) is 20.0. The van der Waals surface area contributed by atoms with E-state index in [0.717, 1.165) is 15.2 Å². The number of nitrogens with one attached hydrogen (secondary N) is 1. The molecule has 0 saturated carbocycles. The first-order chi connectivity index (χ1) is 10.2. The molecule has 1 aromatic carbocycles. The van der Waals surface area contributed by atoms with E-state index in [2.05, 4.69) is 44.8 Å². The predicted octanol–water partition coefficient (Wildman–Crippen LogP) is 3.57. The standard InChI is InChI=1S/C13H13N5OS2/c1-8-3-5-10(6-4-8)14-12-17-18-13(21-12)20-7-11-16-15-9(2)19-11/h3-6H,7H2,1-2H3,(H,14,17). The highest BCUT2D eigenvalue weighted by Crippen LogP contribution is 2.29. The van der Waals surface area contributed by atoms with E-state index in [9.17, 15) is 0 Å². The van der Waals surface area contributed by atoms with Gasteiger partial charge in [-0.15, -0.1) is 20.4 Å². The summed E-state index contributed by atoms with van der Waals surface area (Å²) in [5.41, 5.74) is 2.23. The van der Waals surface area contributed by atoms with Crippen molar-refractivity contribution in [3.63, 3.8) is 0 Å². The summed E-state index contributed by atoms with van der Waals surface area (Å²) in [4.78, 5) is 0. The molecule has 0 spiro atoms. The van der Waals surface area contributed by atoms with E-state index in [-0.39, 0.29) is 0 Å². The normalized spacial score (nSPS) is 10.8. The molecule has 3 rings (SSSR count). The Hall–Kier alpha value is -1.93. The van der Waals surface area contributed by atoms with Gasteiger partial charge in [-0.2, -0.15) is 0 Å². The van der Waals surface area contributed by atoms with E-state index >= 15 is 0 Å². The molecule has 0 aliphatic carbocycles. The molecule has 0 aliphatic rings. The Kier molecular flexibility index (Phi) is 4.16. The predicted molar refractivity (Wildman–Crippen MR) is 83.0 cm³/mol. The number of aryl methyl sites for hydroxylation is 2. The van der Waals surface area contributed by atoms with Crippen LogP contribution in [0.15, 0.2) is 33.0 Å². The van der Waals surface area contributed by atoms with Crippen molar-refractivity contribution in [2.24, 2.45) is 0 Å². The zero-order valence-corrected chi connectivity index (χ0v) is 13.2. The highest BCUT2D eigenvalue weighted by molar-refractivity contribution is 8.00. The van der Waals surface area contributed by atoms with E-state index < -0.39 is 0 Å². The summed E-state index contributed by atoms with van der Waals surface area (Å²) >= 11 is 3.03. The van der Waals surface area contributed by atoms with Crippen LogP contribution in [0.5, 0.6) is 0 Å². The Balaban J connectivity index is 1.59. The highest BCUT2D eigenvalue weighted by Gasteiger charge is 2.08. The second-order valence-corrected chi connectivity index (χ2v) is 6.57. The molecular weight excluding hydrogens is 306 g/mol. The minimum Gasteiger partial charge on any atom is -0.425 e. The Morgan fingerprint density at radius 2 is 1.90 bits per heavy atom. The molecule has 0 unspecified atom stereocenters. The SMILES string of the molecule is Cc1ccc(Nc2nnc(SCc3nnc(C)o3)s2)cc1. The van der Waals surface area contributed by atoms with Crippen LogP contribution in [-0.2, 0) is 5.75 Å². The molecule has 6 nitrogen and oxygen atoms in total. The third-order valence-electron chi connectivity index (χ3n) is 2.60. The third kappa shape index (κ3) is 3.79. The zero-order valence-electron chi connectivity index (χ0n) is 11.5. The molecule has 3 aromatic rings. The van der Waals surface area contributed by atoms with Gasteiger partial charge in [0.15, 0.2) is 4.34 Å². The van der Waals surface area contributed by atoms with Gasteiger partial charge >= 0.3 is 0 Å². The van der Waals surface area contributed by atoms with Crippen LogP contribution in [0.3, 0.4) is 0 Å². The first-order valence-electron chi connectivity index (χ1n) is 6.28. The van der Waals surface area contributed by atoms with Crippen LogP contribution in [0, 0.1) is 13.8 Å². The molecule has 2 heterocycles. The molecule has 21 heavy (non-hydrogen) atoms. The van der Waals surface area contributed by atoms with Gasteiger partial charge < -0.3 is 9.73 Å². The lowest BCUT2D eigenvalue weighted by molar-refractivity contribution is 0.485. The number of hydrogen-bond donors (Lipinski definition) is 1. The summed E-state index contributed by atoms with van der Waals surface area (Å²) < 4.78 is 6.18. The smallest absolute Gasteiger partial charge is 0.226 e. The van der Waals surface area contributed by atoms with E-state index in [0.29, 0.717) is 17.5 Å². The molecule has 0 bridgehead atoms. The summed E-state index contributed by atoms with van der Waals surface area (Å²) in [7, 11) is 0. The maximum Gasteiger partial charge on any atom is 0.226 e. The van der Waals surface area contributed by atoms with Crippen LogP contribution in [0.1, 0.15) is 17.3 Å². The van der Waals surface area contributed by atoms with Crippen molar-refractivity contribution in [3.8, 4) is 0 Å². The number of anilines is 2. The second kappa shape index (κ2) is 6.23. The van der Waals surface area contributed by atoms with E-state index in [1.807, 2.05) is 12.1 Å². The van der Waals surface area contributed by atoms with E-state index in [1.165, 1.54) is 28.7 Å². The zero-order chi connectivity index (χ0) is 14.7. The van der Waals surface area contributed by atoms with Crippen LogP contribution in [-0.4, -0.2) is 20.4 Å². The monoisotopic (exact) mass is 319 g/mol. The summed E-state index contributed by atoms with van der Waals surface area (Å²) in [6, 6.07) is 8.14. The Morgan fingerprint density at radius 1 is 1.10 bits per heavy atom. The van der Waals surface area contributed by atoms with Crippen molar-refractivity contribution in [2.45, 2.75) is 23.9 Å². The number of rotatable bonds is 5. The van der Waals surface area contributed by atoms with Crippen LogP contribution in [0.4, 0.5) is 10.8 Å². The number of nitrogens with zero attached hydrogens (tertiary/aromatic N) is 4. The van der Waals surface area contributed by atoms with Crippen molar-refractivity contribution < 1.29 is 4.42 Å². The van der Waals surface area contributed by atoms with Gasteiger partial charge in [-0.25, -0.2) is 0 Å². The van der Waals surface area contributed by atoms with Gasteiger partial charge in [0.2, 0.25) is 16.9 Å². The van der Waals surface area contributed by atoms with Crippen LogP contribution in [0.25, 0.3) is 0 Å². The van der Waals surface area contributed by atoms with Gasteiger partial charge in [0.25, 0.3) is 0 Å². The van der Waals surface area contributed by atoms with E-state index in [4.69, 9.17) is 4.42 Å². The lowest BCUT2D eigenvalue weighted by Crippen LogP contribution is -1.88. The Morgan fingerprint density at radius 3 is 2.62 bits per heavy atom. The summed E-state index contributed by atoms with van der Waals surface area (Å²) in [6.45, 7) is 3.83. The van der Waals surface area contributed by atoms with Gasteiger partial charge in [-0.1, -0.05) is 40.8 Å². The van der Waals surface area contributed by atoms with Crippen molar-refractivity contribution in [1.82, 2.24) is 20.4 Å². The quantitative estimate of drug-likeness (QED) is 0.720. The van der Waals surface area contributed by atoms with Crippen molar-refractivity contribution in [2.75, 3.05) is 5.32 Å². The molecule has 2 aromatic heterocycles. The molecule has 0 aliphatic heterocycles. The molecule has 0 fully saturated rings. The van der Waals surface area contributed by atoms with Crippen molar-refractivity contribution >= 4 is 33.9 Å². The van der Waals surface area contributed by atoms with E-state index in [1.54, 1.807) is 6.92 Å². The molecule has 8 heteroatoms. The first kappa shape index (κ1) is 14.0. The van der Waals surface area contributed by atoms with Crippen LogP contribution in [0.2, 0.25) is 0 Å². The Bertz CT molecular complexity index is 722. The lowest BCUT2D eigenvalue weighted by Gasteiger charge is -2.01. The summed E-state index contributed by atoms with van der Waals surface area (Å²) in [6.07, 6.45) is 0. The fraction of sp³-hybridized carbons (Fsp3) is 0.231. The average Bonchev–Trinajstić information content (AvgIpc) is 3.08. The third-order valence-corrected chi connectivity index (χ3v) is 4.55. The number of aromatic nitrogens is 4. The van der Waals surface area contributed by atoms with Gasteiger partial charge in [-0.3, -0.25) is 0 Å². The Labute approximate surface area is 130 Å². The lowest BCUT2D eigenvalue weighted by atomic mass is 10.2. The largest absolute Gasteiger partial charge is 0.425 e.